The Morgan fingerprint density at radius 3 is 1.84 bits per heavy atom. The van der Waals surface area contributed by atoms with Gasteiger partial charge in [0.15, 0.2) is 0 Å². The minimum Gasteiger partial charge on any atom is -0.461 e. The number of rotatable bonds is 28. The predicted octanol–water partition coefficient (Wildman–Crippen LogP) is 0.528. The molecule has 29 nitrogen and oxygen atoms in total. The van der Waals surface area contributed by atoms with Gasteiger partial charge in [-0.25, -0.2) is 32.8 Å². The summed E-state index contributed by atoms with van der Waals surface area (Å²) in [5.74, 6) is -1.50. The number of aromatic nitrogens is 3. The number of amides is 2. The maximum absolute atomic E-state index is 15.0. The van der Waals surface area contributed by atoms with Gasteiger partial charge in [-0.3, -0.25) is 18.5 Å². The molecule has 4 N–H and O–H groups in total. The van der Waals surface area contributed by atoms with E-state index in [0.717, 1.165) is 0 Å². The van der Waals surface area contributed by atoms with Crippen molar-refractivity contribution in [2.45, 2.75) is 36.6 Å². The molecule has 5 unspecified atom stereocenters. The quantitative estimate of drug-likeness (QED) is 0.0289. The molecule has 4 aliphatic rings. The molecule has 0 aromatic carbocycles. The van der Waals surface area contributed by atoms with Crippen LogP contribution in [0.15, 0.2) is 5.11 Å². The van der Waals surface area contributed by atoms with Crippen LogP contribution in [0.4, 0.5) is 16.7 Å². The zero-order valence-electron chi connectivity index (χ0n) is 44.4. The zero-order valence-corrected chi connectivity index (χ0v) is 47.0. The van der Waals surface area contributed by atoms with Crippen molar-refractivity contribution in [3.63, 3.8) is 0 Å². The van der Waals surface area contributed by atoms with E-state index < -0.39 is 58.8 Å². The summed E-state index contributed by atoms with van der Waals surface area (Å²) in [7, 11) is 19.9. The molecule has 0 bridgehead atoms. The summed E-state index contributed by atoms with van der Waals surface area (Å²) in [5.41, 5.74) is 19.5. The number of piperazine rings is 1. The van der Waals surface area contributed by atoms with E-state index >= 15 is 4.57 Å². The highest BCUT2D eigenvalue weighted by molar-refractivity contribution is 7.54. The zero-order chi connectivity index (χ0) is 55.1. The fraction of sp³-hybridized carbons (Fsp3) is 0.875. The highest BCUT2D eigenvalue weighted by Crippen LogP contribution is 2.59. The van der Waals surface area contributed by atoms with Crippen LogP contribution in [0.3, 0.4) is 0 Å². The van der Waals surface area contributed by atoms with E-state index in [1.807, 2.05) is 4.90 Å². The van der Waals surface area contributed by atoms with Crippen LogP contribution in [-0.4, -0.2) is 276 Å². The maximum Gasteiger partial charge on any atom is 0.409 e. The monoisotopic (exact) mass is 1110 g/mol. The van der Waals surface area contributed by atoms with Crippen LogP contribution in [0.25, 0.3) is 10.4 Å². The van der Waals surface area contributed by atoms with Gasteiger partial charge in [-0.2, -0.15) is 15.0 Å². The van der Waals surface area contributed by atoms with Gasteiger partial charge in [-0.1, -0.05) is 29.6 Å². The van der Waals surface area contributed by atoms with E-state index in [1.165, 1.54) is 14.5 Å². The van der Waals surface area contributed by atoms with Crippen LogP contribution in [0.5, 0.6) is 6.01 Å². The van der Waals surface area contributed by atoms with Gasteiger partial charge in [0.1, 0.15) is 14.5 Å². The Hall–Kier alpha value is -3.14. The number of piperidine rings is 2. The van der Waals surface area contributed by atoms with Crippen molar-refractivity contribution in [2.75, 3.05) is 190 Å². The SMILES string of the molecule is [B]C1CN(C(=O)OCCN=[N+]=[N-])CC(COP(=O)(N(C)C)N2C[C@H]([B])C[C@H](COP(=O)(N(C)C)N3C[C@H]([B])C[C@H](COP(=O)(N(C)C)N4CCN(c5nc(OCCOCCN)nc(N(C)CC(N)=O)n5)CC4)C3)C2)O1. The molecule has 0 spiro atoms. The van der Waals surface area contributed by atoms with E-state index in [2.05, 4.69) is 25.0 Å². The molecule has 35 heteroatoms. The van der Waals surface area contributed by atoms with Crippen molar-refractivity contribution in [1.82, 2.24) is 47.9 Å². The molecular weight excluding hydrogens is 1040 g/mol. The summed E-state index contributed by atoms with van der Waals surface area (Å²) < 4.78 is 95.7. The number of hydrogen-bond donors (Lipinski definition) is 2. The van der Waals surface area contributed by atoms with Crippen LogP contribution in [0.2, 0.25) is 11.6 Å². The van der Waals surface area contributed by atoms with Crippen molar-refractivity contribution in [3.8, 4) is 6.01 Å². The van der Waals surface area contributed by atoms with Gasteiger partial charge in [-0.15, -0.1) is 0 Å². The Morgan fingerprint density at radius 1 is 0.747 bits per heavy atom. The minimum absolute atomic E-state index is 0.00753. The van der Waals surface area contributed by atoms with E-state index in [9.17, 15) is 18.7 Å². The number of likely N-dealkylation sites (N-methyl/N-ethyl adjacent to an activating group) is 1. The molecular formula is C40H75B3N17O12P3. The fourth-order valence-electron chi connectivity index (χ4n) is 9.00. The second-order valence-electron chi connectivity index (χ2n) is 19.4. The van der Waals surface area contributed by atoms with Gasteiger partial charge < -0.3 is 58.7 Å². The normalized spacial score (nSPS) is 25.8. The molecule has 4 aliphatic heterocycles. The largest absolute Gasteiger partial charge is 0.461 e. The van der Waals surface area contributed by atoms with Gasteiger partial charge in [0.05, 0.1) is 81.1 Å². The van der Waals surface area contributed by atoms with Gasteiger partial charge >= 0.3 is 35.1 Å². The van der Waals surface area contributed by atoms with Gasteiger partial charge in [0.2, 0.25) is 17.8 Å². The first-order valence-corrected chi connectivity index (χ1v) is 29.4. The Labute approximate surface area is 444 Å². The first-order chi connectivity index (χ1) is 35.5. The summed E-state index contributed by atoms with van der Waals surface area (Å²) in [6.07, 6.45) is -0.396. The molecule has 6 radical (unpaired) electrons. The lowest BCUT2D eigenvalue weighted by Gasteiger charge is -2.45. The van der Waals surface area contributed by atoms with E-state index in [-0.39, 0.29) is 116 Å². The number of carbonyl (C=O) groups is 2. The summed E-state index contributed by atoms with van der Waals surface area (Å²) >= 11 is 0. The van der Waals surface area contributed by atoms with Crippen molar-refractivity contribution in [1.29, 1.82) is 0 Å². The average Bonchev–Trinajstić information content (AvgIpc) is 3.36. The van der Waals surface area contributed by atoms with E-state index in [0.29, 0.717) is 58.1 Å². The third-order valence-corrected chi connectivity index (χ3v) is 20.3. The third kappa shape index (κ3) is 17.7. The number of azide groups is 1. The smallest absolute Gasteiger partial charge is 0.409 e. The number of nitrogens with zero attached hydrogens (tertiary/aromatic N) is 15. The molecule has 9 atom stereocenters. The number of primary amides is 1. The second-order valence-corrected chi connectivity index (χ2v) is 27.2. The van der Waals surface area contributed by atoms with Gasteiger partial charge in [0.25, 0.3) is 0 Å². The minimum atomic E-state index is -3.75. The Morgan fingerprint density at radius 2 is 1.31 bits per heavy atom. The number of hydrogen-bond acceptors (Lipinski definition) is 19. The van der Waals surface area contributed by atoms with Gasteiger partial charge in [-0.05, 0) is 59.7 Å². The number of ether oxygens (including phenoxy) is 4. The molecule has 0 aliphatic carbocycles. The highest BCUT2D eigenvalue weighted by atomic mass is 31.2. The molecule has 0 saturated carbocycles. The first kappa shape index (κ1) is 62.7. The van der Waals surface area contributed by atoms with Crippen molar-refractivity contribution >= 4 is 70.4 Å². The Bertz CT molecular complexity index is 2210. The highest BCUT2D eigenvalue weighted by Gasteiger charge is 2.45. The van der Waals surface area contributed by atoms with Crippen molar-refractivity contribution in [3.05, 3.63) is 10.4 Å². The lowest BCUT2D eigenvalue weighted by Crippen LogP contribution is -2.52. The van der Waals surface area contributed by atoms with E-state index in [4.69, 9.17) is 73.1 Å². The first-order valence-electron chi connectivity index (χ1n) is 24.8. The number of anilines is 2. The molecule has 4 saturated heterocycles. The number of morpholine rings is 1. The summed E-state index contributed by atoms with van der Waals surface area (Å²) in [4.78, 5) is 45.3. The lowest BCUT2D eigenvalue weighted by atomic mass is 9.77. The molecule has 5 heterocycles. The van der Waals surface area contributed by atoms with Crippen LogP contribution in [0, 0.1) is 11.8 Å². The Balaban J connectivity index is 1.19. The molecule has 5 rings (SSSR count). The van der Waals surface area contributed by atoms with Crippen LogP contribution in [0.1, 0.15) is 12.8 Å². The van der Waals surface area contributed by atoms with Crippen molar-refractivity contribution < 1.29 is 55.8 Å². The molecule has 75 heavy (non-hydrogen) atoms. The molecule has 2 amide bonds. The lowest BCUT2D eigenvalue weighted by molar-refractivity contribution is -0.116. The van der Waals surface area contributed by atoms with Gasteiger partial charge in [0, 0.05) is 83.4 Å². The third-order valence-electron chi connectivity index (χ3n) is 12.6. The summed E-state index contributed by atoms with van der Waals surface area (Å²) in [6, 6.07) is -0.823. The molecule has 4 fully saturated rings. The summed E-state index contributed by atoms with van der Waals surface area (Å²) in [5, 5.41) is 3.36. The number of carbonyl (C=O) groups excluding carboxylic acids is 2. The molecule has 1 aromatic heterocycles. The topological polar surface area (TPSA) is 319 Å². The number of nitrogens with two attached hydrogens (primary N) is 2. The predicted molar refractivity (Wildman–Crippen MR) is 283 cm³/mol. The average molecular weight is 1110 g/mol. The standard InChI is InChI=1S/C40H75B3N17O12P3/c1-52(2)73(63,58-12-10-56(11-13-58)38-48-37(55(7)26-36(45)61)49-39(50-38)67-17-16-66-14-8-44)69-27-30-18-32(41)22-59(20-30)74(64,53(3)4)70-28-31-19-33(42)23-60(21-31)75(65,54(5)6)71-29-34-24-57(25-35(43)72-34)40(62)68-15-9-47-51-46/h30-35H,8-29,44H2,1-7H3,(H2,45,61)/t30-,31-,32+,33+,34?,35?,73?,74?,75?/m0/s1. The second kappa shape index (κ2) is 29.2. The fourth-order valence-corrected chi connectivity index (χ4v) is 15.3. The van der Waals surface area contributed by atoms with E-state index in [1.54, 1.807) is 72.7 Å². The van der Waals surface area contributed by atoms with Crippen molar-refractivity contribution in [2.24, 2.45) is 28.4 Å². The molecule has 1 aromatic rings. The van der Waals surface area contributed by atoms with Crippen LogP contribution < -0.4 is 26.0 Å². The molecule has 416 valence electrons. The van der Waals surface area contributed by atoms with Crippen LogP contribution >= 0.6 is 23.0 Å². The Kier molecular flexibility index (Phi) is 24.4. The summed E-state index contributed by atoms with van der Waals surface area (Å²) in [6.45, 7) is 3.26. The van der Waals surface area contributed by atoms with Crippen LogP contribution in [-0.2, 0) is 46.3 Å². The maximum atomic E-state index is 15.0.